The van der Waals surface area contributed by atoms with Gasteiger partial charge in [0.1, 0.15) is 27.9 Å². The van der Waals surface area contributed by atoms with Gasteiger partial charge in [-0.3, -0.25) is 0 Å². The first-order chi connectivity index (χ1) is 28.7. The van der Waals surface area contributed by atoms with E-state index in [0.717, 1.165) is 116 Å². The molecule has 0 aliphatic heterocycles. The zero-order chi connectivity index (χ0) is 37.9. The standard InChI is InChI=1S/C54H31NO3/c1-5-22-46-38(14-1)39-15-2-6-23-47(39)55(46)48-31-35(32-26-27-51-44(29-32)41-17-4-7-24-49(41)56-51)30-45-43-21-11-19-37(53(43)58-54(45)48)34-13-9-12-33(28-34)36-18-10-20-42-40-16-3-8-25-50(40)57-52(36)42/h1-31H. The molecule has 4 heterocycles. The molecular weight excluding hydrogens is 711 g/mol. The van der Waals surface area contributed by atoms with E-state index in [1.54, 1.807) is 0 Å². The number of fused-ring (bicyclic) bond motifs is 12. The lowest BCUT2D eigenvalue weighted by Gasteiger charge is -2.12. The van der Waals surface area contributed by atoms with E-state index in [9.17, 15) is 0 Å². The molecule has 58 heavy (non-hydrogen) atoms. The highest BCUT2D eigenvalue weighted by Crippen LogP contribution is 2.45. The van der Waals surface area contributed by atoms with Gasteiger partial charge in [-0.15, -0.1) is 0 Å². The molecule has 0 atom stereocenters. The maximum absolute atomic E-state index is 7.20. The molecule has 4 nitrogen and oxygen atoms in total. The minimum Gasteiger partial charge on any atom is -0.456 e. The monoisotopic (exact) mass is 741 g/mol. The number of nitrogens with zero attached hydrogens (tertiary/aromatic N) is 1. The Morgan fingerprint density at radius 3 is 1.50 bits per heavy atom. The Morgan fingerprint density at radius 1 is 0.276 bits per heavy atom. The average molecular weight is 742 g/mol. The predicted molar refractivity (Wildman–Crippen MR) is 239 cm³/mol. The Hall–Kier alpha value is -7.82. The molecule has 0 saturated carbocycles. The Morgan fingerprint density at radius 2 is 0.793 bits per heavy atom. The van der Waals surface area contributed by atoms with Crippen LogP contribution >= 0.6 is 0 Å². The second kappa shape index (κ2) is 11.8. The number of hydrogen-bond acceptors (Lipinski definition) is 3. The van der Waals surface area contributed by atoms with Crippen molar-refractivity contribution in [2.75, 3.05) is 0 Å². The van der Waals surface area contributed by atoms with Crippen LogP contribution in [0.2, 0.25) is 0 Å². The third-order valence-corrected chi connectivity index (χ3v) is 12.0. The van der Waals surface area contributed by atoms with Crippen molar-refractivity contribution < 1.29 is 13.3 Å². The highest BCUT2D eigenvalue weighted by atomic mass is 16.3. The summed E-state index contributed by atoms with van der Waals surface area (Å²) in [7, 11) is 0. The lowest BCUT2D eigenvalue weighted by atomic mass is 9.96. The van der Waals surface area contributed by atoms with E-state index in [1.165, 1.54) is 10.8 Å². The minimum atomic E-state index is 0.843. The van der Waals surface area contributed by atoms with Gasteiger partial charge < -0.3 is 17.8 Å². The number of benzene rings is 9. The van der Waals surface area contributed by atoms with Gasteiger partial charge in [0.15, 0.2) is 5.58 Å². The summed E-state index contributed by atoms with van der Waals surface area (Å²) in [6.45, 7) is 0. The quantitative estimate of drug-likeness (QED) is 0.180. The third-order valence-electron chi connectivity index (χ3n) is 12.0. The van der Waals surface area contributed by atoms with Gasteiger partial charge in [-0.2, -0.15) is 0 Å². The van der Waals surface area contributed by atoms with Gasteiger partial charge in [-0.25, -0.2) is 0 Å². The zero-order valence-corrected chi connectivity index (χ0v) is 31.1. The summed E-state index contributed by atoms with van der Waals surface area (Å²) in [5.41, 5.74) is 15.0. The number of aromatic nitrogens is 1. The zero-order valence-electron chi connectivity index (χ0n) is 31.1. The number of furan rings is 3. The van der Waals surface area contributed by atoms with Crippen LogP contribution in [-0.2, 0) is 0 Å². The fourth-order valence-electron chi connectivity index (χ4n) is 9.36. The number of hydrogen-bond donors (Lipinski definition) is 0. The van der Waals surface area contributed by atoms with E-state index in [4.69, 9.17) is 13.3 Å². The smallest absolute Gasteiger partial charge is 0.159 e. The molecule has 0 bridgehead atoms. The average Bonchev–Trinajstić information content (AvgIpc) is 4.05. The van der Waals surface area contributed by atoms with Crippen LogP contribution in [0.15, 0.2) is 201 Å². The van der Waals surface area contributed by atoms with E-state index < -0.39 is 0 Å². The molecule has 0 N–H and O–H groups in total. The van der Waals surface area contributed by atoms with E-state index in [1.807, 2.05) is 24.3 Å². The van der Waals surface area contributed by atoms with Gasteiger partial charge >= 0.3 is 0 Å². The second-order valence-electron chi connectivity index (χ2n) is 15.2. The van der Waals surface area contributed by atoms with Crippen molar-refractivity contribution in [3.05, 3.63) is 188 Å². The number of para-hydroxylation sites is 6. The molecule has 0 amide bonds. The van der Waals surface area contributed by atoms with E-state index >= 15 is 0 Å². The summed E-state index contributed by atoms with van der Waals surface area (Å²) < 4.78 is 22.3. The van der Waals surface area contributed by atoms with E-state index in [0.29, 0.717) is 0 Å². The lowest BCUT2D eigenvalue weighted by molar-refractivity contribution is 0.667. The first kappa shape index (κ1) is 31.4. The SMILES string of the molecule is c1cc(-c2cccc3c2oc2ccccc23)cc(-c2cccc3c2oc2c(-n4c5ccccc5c5ccccc54)cc(-c4ccc5oc6ccccc6c5c4)cc23)c1. The molecule has 0 aliphatic carbocycles. The molecule has 0 saturated heterocycles. The molecule has 9 aromatic carbocycles. The Kier molecular flexibility index (Phi) is 6.41. The van der Waals surface area contributed by atoms with Crippen LogP contribution in [0, 0.1) is 0 Å². The van der Waals surface area contributed by atoms with Crippen molar-refractivity contribution in [1.29, 1.82) is 0 Å². The molecule has 0 unspecified atom stereocenters. The van der Waals surface area contributed by atoms with E-state index in [-0.39, 0.29) is 0 Å². The number of rotatable bonds is 4. The summed E-state index contributed by atoms with van der Waals surface area (Å²) in [5, 5.41) is 8.99. The molecule has 0 spiro atoms. The summed E-state index contributed by atoms with van der Waals surface area (Å²) in [6.07, 6.45) is 0. The van der Waals surface area contributed by atoms with Crippen LogP contribution in [-0.4, -0.2) is 4.57 Å². The fraction of sp³-hybridized carbons (Fsp3) is 0. The molecular formula is C54H31NO3. The van der Waals surface area contributed by atoms with Gasteiger partial charge in [0.2, 0.25) is 0 Å². The van der Waals surface area contributed by atoms with Gasteiger partial charge in [0.25, 0.3) is 0 Å². The highest BCUT2D eigenvalue weighted by Gasteiger charge is 2.22. The fourth-order valence-corrected chi connectivity index (χ4v) is 9.36. The predicted octanol–water partition coefficient (Wildman–Crippen LogP) is 15.5. The molecule has 0 radical (unpaired) electrons. The normalized spacial score (nSPS) is 12.1. The first-order valence-electron chi connectivity index (χ1n) is 19.7. The maximum Gasteiger partial charge on any atom is 0.159 e. The van der Waals surface area contributed by atoms with Gasteiger partial charge in [-0.05, 0) is 76.9 Å². The van der Waals surface area contributed by atoms with Gasteiger partial charge in [-0.1, -0.05) is 133 Å². The molecule has 13 aromatic rings. The Bertz CT molecular complexity index is 3760. The Labute approximate surface area is 331 Å². The van der Waals surface area contributed by atoms with Crippen LogP contribution in [0.25, 0.3) is 127 Å². The molecule has 4 heteroatoms. The van der Waals surface area contributed by atoms with Crippen molar-refractivity contribution in [1.82, 2.24) is 4.57 Å². The molecule has 4 aromatic heterocycles. The van der Waals surface area contributed by atoms with Crippen LogP contribution < -0.4 is 0 Å². The Balaban J connectivity index is 1.07. The molecule has 0 aliphatic rings. The largest absolute Gasteiger partial charge is 0.456 e. The van der Waals surface area contributed by atoms with Crippen molar-refractivity contribution in [2.24, 2.45) is 0 Å². The van der Waals surface area contributed by atoms with E-state index in [2.05, 4.69) is 168 Å². The molecule has 13 rings (SSSR count). The van der Waals surface area contributed by atoms with Crippen LogP contribution in [0.4, 0.5) is 0 Å². The highest BCUT2D eigenvalue weighted by molar-refractivity contribution is 6.16. The van der Waals surface area contributed by atoms with Crippen molar-refractivity contribution >= 4 is 87.6 Å². The molecule has 270 valence electrons. The van der Waals surface area contributed by atoms with Crippen LogP contribution in [0.5, 0.6) is 0 Å². The van der Waals surface area contributed by atoms with Crippen LogP contribution in [0.3, 0.4) is 0 Å². The summed E-state index contributed by atoms with van der Waals surface area (Å²) in [5.74, 6) is 0. The summed E-state index contributed by atoms with van der Waals surface area (Å²) in [4.78, 5) is 0. The van der Waals surface area contributed by atoms with Gasteiger partial charge in [0.05, 0.1) is 16.7 Å². The lowest BCUT2D eigenvalue weighted by Crippen LogP contribution is -1.95. The maximum atomic E-state index is 7.20. The first-order valence-corrected chi connectivity index (χ1v) is 19.7. The summed E-state index contributed by atoms with van der Waals surface area (Å²) in [6, 6.07) is 66.6. The van der Waals surface area contributed by atoms with Crippen molar-refractivity contribution in [3.63, 3.8) is 0 Å². The van der Waals surface area contributed by atoms with Gasteiger partial charge in [0, 0.05) is 54.2 Å². The van der Waals surface area contributed by atoms with Crippen LogP contribution in [0.1, 0.15) is 0 Å². The molecule has 0 fully saturated rings. The van der Waals surface area contributed by atoms with Crippen molar-refractivity contribution in [3.8, 4) is 39.1 Å². The minimum absolute atomic E-state index is 0.843. The second-order valence-corrected chi connectivity index (χ2v) is 15.2. The van der Waals surface area contributed by atoms with Crippen molar-refractivity contribution in [2.45, 2.75) is 0 Å². The topological polar surface area (TPSA) is 44.4 Å². The summed E-state index contributed by atoms with van der Waals surface area (Å²) >= 11 is 0. The third kappa shape index (κ3) is 4.45.